The fourth-order valence-electron chi connectivity index (χ4n) is 18.6. The lowest BCUT2D eigenvalue weighted by atomic mass is 9.91. The van der Waals surface area contributed by atoms with Crippen LogP contribution in [0.15, 0.2) is 54.6 Å². The van der Waals surface area contributed by atoms with Crippen molar-refractivity contribution in [3.8, 4) is 0 Å². The van der Waals surface area contributed by atoms with E-state index in [4.69, 9.17) is 166 Å². The number of rotatable bonds is 34. The first-order chi connectivity index (χ1) is 60.0. The number of carbonyl (C=O) groups is 1. The van der Waals surface area contributed by atoms with Gasteiger partial charge in [0.15, 0.2) is 44.0 Å². The number of hydrogen-bond donors (Lipinski definition) is 1. The zero-order valence-electron chi connectivity index (χ0n) is 75.1. The van der Waals surface area contributed by atoms with E-state index in [9.17, 15) is 4.79 Å². The van der Waals surface area contributed by atoms with E-state index >= 15 is 0 Å². The first-order valence-electron chi connectivity index (χ1n) is 42.0. The Morgan fingerprint density at radius 3 is 0.748 bits per heavy atom. The molecule has 21 fully saturated rings. The summed E-state index contributed by atoms with van der Waals surface area (Å²) in [7, 11) is 29.9. The summed E-state index contributed by atoms with van der Waals surface area (Å²) in [5.41, 5.74) is 1.48. The third-order valence-corrected chi connectivity index (χ3v) is 24.2. The molecule has 37 heteroatoms. The summed E-state index contributed by atoms with van der Waals surface area (Å²) in [5.74, 6) is -0.362. The van der Waals surface area contributed by atoms with Crippen molar-refractivity contribution in [2.45, 2.75) is 248 Å². The average molecular weight is 1760 g/mol. The molecule has 21 heterocycles. The molecule has 0 unspecified atom stereocenters. The Morgan fingerprint density at radius 1 is 0.276 bits per heavy atom. The van der Waals surface area contributed by atoms with Crippen LogP contribution in [0.5, 0.6) is 0 Å². The lowest BCUT2D eigenvalue weighted by Crippen LogP contribution is -2.69. The van der Waals surface area contributed by atoms with Gasteiger partial charge in [0, 0.05) is 149 Å². The second-order valence-corrected chi connectivity index (χ2v) is 31.2. The van der Waals surface area contributed by atoms with Gasteiger partial charge in [-0.05, 0) is 50.7 Å². The summed E-state index contributed by atoms with van der Waals surface area (Å²) in [6.45, 7) is 3.62. The van der Waals surface area contributed by atoms with E-state index in [0.29, 0.717) is 13.0 Å². The zero-order chi connectivity index (χ0) is 88.1. The van der Waals surface area contributed by atoms with Crippen molar-refractivity contribution >= 4 is 38.2 Å². The van der Waals surface area contributed by atoms with Crippen LogP contribution < -0.4 is 5.32 Å². The maximum absolute atomic E-state index is 13.2. The summed E-state index contributed by atoms with van der Waals surface area (Å²) in [6, 6.07) is 20.2. The molecule has 700 valence electrons. The molecule has 0 aliphatic carbocycles. The standard InChI is InChI=1S/C67H119NO36.C19H16/c1-22-23-68-39(69)31-90-30-38-46-53(82-14)60(89-21)67(97-38)103-45-37(29-75-7)95-65(58(87-19)52(45)81-13)101-43-35(27-73-5)93-63(56(85-17)50(43)79-11)99-41-33(25-71-3)91-61(54(83-15)48(41)77-9)98-40-32(24-70-2)92-62(55(84-16)47(40)76-8)100-42-34(26-72-4)94-64(57(86-18)49(42)78-10)102-44-36(28-74-6)96-66(104-46)59(88-20)51(44)80-12;1-2-4-13-7-8-16-10-9-14-5-3-6-15-11-12-17(13)19(16)18(14)15/h32-38,40-67H,22-31H2,1-21H3,(H,68,69);3,5-12H,2,4H2,1H3/t32-,33-,34-,35-,36-,37-,38-,40-,41-,42-,43-,44-,45-,46-,47+,48+,49+,50+,51+,52+,53+,54-,55-,56-,57-,58-,59-,60-,61-,62-,63-,64-,65-,66-,67-;/m1./s1. The summed E-state index contributed by atoms with van der Waals surface area (Å²) < 4.78 is 227. The van der Waals surface area contributed by atoms with Gasteiger partial charge in [0.2, 0.25) is 5.91 Å². The van der Waals surface area contributed by atoms with E-state index in [-0.39, 0.29) is 58.8 Å². The average Bonchev–Trinajstić information content (AvgIpc) is 0.776. The van der Waals surface area contributed by atoms with Gasteiger partial charge in [-0.15, -0.1) is 0 Å². The highest BCUT2D eigenvalue weighted by molar-refractivity contribution is 6.23. The molecular formula is C86H135NO36. The van der Waals surface area contributed by atoms with E-state index in [2.05, 4.69) is 66.8 Å². The van der Waals surface area contributed by atoms with Crippen LogP contribution in [0.3, 0.4) is 0 Å². The van der Waals surface area contributed by atoms with Crippen LogP contribution in [-0.4, -0.2) is 422 Å². The molecule has 21 aliphatic rings. The molecule has 25 rings (SSSR count). The lowest BCUT2D eigenvalue weighted by molar-refractivity contribution is -0.402. The molecule has 1 amide bonds. The minimum atomic E-state index is -1.33. The maximum Gasteiger partial charge on any atom is 0.245 e. The number of methoxy groups -OCH3 is 20. The smallest absolute Gasteiger partial charge is 0.245 e. The second-order valence-electron chi connectivity index (χ2n) is 31.2. The molecule has 0 saturated carbocycles. The van der Waals surface area contributed by atoms with Gasteiger partial charge in [0.25, 0.3) is 0 Å². The summed E-state index contributed by atoms with van der Waals surface area (Å²) in [4.78, 5) is 13.2. The van der Waals surface area contributed by atoms with Crippen molar-refractivity contribution in [3.63, 3.8) is 0 Å². The molecule has 123 heavy (non-hydrogen) atoms. The fourth-order valence-corrected chi connectivity index (χ4v) is 18.6. The van der Waals surface area contributed by atoms with Crippen molar-refractivity contribution in [2.24, 2.45) is 0 Å². The van der Waals surface area contributed by atoms with Crippen LogP contribution in [0.4, 0.5) is 0 Å². The van der Waals surface area contributed by atoms with E-state index in [0.717, 1.165) is 6.42 Å². The van der Waals surface area contributed by atoms with Crippen molar-refractivity contribution in [1.29, 1.82) is 0 Å². The molecular weight excluding hydrogens is 1620 g/mol. The number of hydrogen-bond acceptors (Lipinski definition) is 36. The Kier molecular flexibility index (Phi) is 39.5. The van der Waals surface area contributed by atoms with Crippen molar-refractivity contribution in [1.82, 2.24) is 5.32 Å². The van der Waals surface area contributed by atoms with Gasteiger partial charge in [0.1, 0.15) is 178 Å². The van der Waals surface area contributed by atoms with Crippen LogP contribution in [0.25, 0.3) is 32.3 Å². The zero-order valence-corrected chi connectivity index (χ0v) is 75.1. The fraction of sp³-hybridized carbons (Fsp3) is 0.802. The maximum atomic E-state index is 13.2. The van der Waals surface area contributed by atoms with Crippen LogP contribution in [0.1, 0.15) is 32.3 Å². The number of benzene rings is 4. The van der Waals surface area contributed by atoms with Crippen molar-refractivity contribution in [3.05, 3.63) is 60.2 Å². The molecule has 4 aromatic carbocycles. The number of carbonyl (C=O) groups excluding carboxylic acids is 1. The van der Waals surface area contributed by atoms with E-state index in [1.54, 1.807) is 0 Å². The van der Waals surface area contributed by atoms with Crippen LogP contribution >= 0.6 is 0 Å². The van der Waals surface area contributed by atoms with Gasteiger partial charge in [0.05, 0.1) is 46.2 Å². The lowest BCUT2D eigenvalue weighted by Gasteiger charge is -2.52. The van der Waals surface area contributed by atoms with Crippen molar-refractivity contribution < 1.29 is 171 Å². The molecule has 21 saturated heterocycles. The highest BCUT2D eigenvalue weighted by Crippen LogP contribution is 2.44. The third kappa shape index (κ3) is 22.1. The van der Waals surface area contributed by atoms with Crippen LogP contribution in [0.2, 0.25) is 0 Å². The Hall–Kier alpha value is -4.01. The molecule has 0 radical (unpaired) electrons. The minimum absolute atomic E-state index is 0.0515. The van der Waals surface area contributed by atoms with Gasteiger partial charge in [-0.3, -0.25) is 4.79 Å². The van der Waals surface area contributed by atoms with Gasteiger partial charge < -0.3 is 171 Å². The summed E-state index contributed by atoms with van der Waals surface area (Å²) in [5, 5.41) is 11.2. The van der Waals surface area contributed by atoms with Gasteiger partial charge in [-0.1, -0.05) is 74.9 Å². The molecule has 37 nitrogen and oxygen atoms in total. The quantitative estimate of drug-likeness (QED) is 0.0647. The first-order valence-corrected chi connectivity index (χ1v) is 42.0. The van der Waals surface area contributed by atoms with Crippen molar-refractivity contribution in [2.75, 3.05) is 202 Å². The molecule has 1 N–H and O–H groups in total. The largest absolute Gasteiger partial charge is 0.382 e. The molecule has 0 spiro atoms. The number of aryl methyl sites for hydroxylation is 1. The highest BCUT2D eigenvalue weighted by atomic mass is 16.8. The van der Waals surface area contributed by atoms with Crippen LogP contribution in [-0.2, 0) is 177 Å². The summed E-state index contributed by atoms with van der Waals surface area (Å²) >= 11 is 0. The van der Waals surface area contributed by atoms with Gasteiger partial charge in [-0.25, -0.2) is 0 Å². The van der Waals surface area contributed by atoms with E-state index < -0.39 is 215 Å². The Balaban J connectivity index is 0.000000671. The topological polar surface area (TPSA) is 352 Å². The van der Waals surface area contributed by atoms with Gasteiger partial charge >= 0.3 is 0 Å². The molecule has 21 aliphatic heterocycles. The summed E-state index contributed by atoms with van der Waals surface area (Å²) in [6.07, 6.45) is -34.6. The molecule has 0 aromatic heterocycles. The second kappa shape index (κ2) is 48.8. The van der Waals surface area contributed by atoms with E-state index in [1.807, 2.05) is 6.92 Å². The SMILES string of the molecule is CCCNC(=O)COC[C@H]1O[C@@H]2O[C@H]3[C@H](OC)[C@@H](OC)[C@@H](O[C@H]4[C@H](OC)[C@@H](OC)[C@@H](O[C@H]5[C@H](OC)[C@@H](OC)[C@@H](O[C@H]6[C@H](OC)[C@@H](OC)[C@@H](O[C@H]7[C@H](OC)[C@@H](OC)[C@@H](O[C@H]8[C@H](OC)[C@@H](OC)[C@@H](O[C@H]1[C@H](OC)[C@H]2OC)O[C@@H]8COC)O[C@@H]7COC)O[C@@H]6COC)O[C@@H]5COC)O[C@@H]4COC)O[C@@H]3COC.CCCc1ccc2ccc3cccc4ccc1c2c34. The first kappa shape index (κ1) is 99.6. The predicted octanol–water partition coefficient (Wildman–Crippen LogP) is 3.94. The van der Waals surface area contributed by atoms with E-state index in [1.165, 1.54) is 186 Å². The number of ether oxygens (including phenoxy) is 35. The number of amides is 1. The Labute approximate surface area is 721 Å². The monoisotopic (exact) mass is 1760 g/mol. The van der Waals surface area contributed by atoms with Crippen LogP contribution in [0, 0.1) is 0 Å². The highest BCUT2D eigenvalue weighted by Gasteiger charge is 2.62. The Morgan fingerprint density at radius 2 is 0.512 bits per heavy atom. The minimum Gasteiger partial charge on any atom is -0.382 e. The Bertz CT molecular complexity index is 3660. The third-order valence-electron chi connectivity index (χ3n) is 24.2. The molecule has 14 bridgehead atoms. The molecule has 35 atom stereocenters. The van der Waals surface area contributed by atoms with Gasteiger partial charge in [-0.2, -0.15) is 0 Å². The molecule has 4 aromatic rings. The number of nitrogens with one attached hydrogen (secondary N) is 1. The predicted molar refractivity (Wildman–Crippen MR) is 435 cm³/mol. The normalized spacial score (nSPS) is 39.1.